The van der Waals surface area contributed by atoms with Gasteiger partial charge < -0.3 is 4.74 Å². The quantitative estimate of drug-likeness (QED) is 0.746. The second-order valence-electron chi connectivity index (χ2n) is 6.55. The summed E-state index contributed by atoms with van der Waals surface area (Å²) >= 11 is 6.18. The van der Waals surface area contributed by atoms with E-state index in [9.17, 15) is 12.8 Å². The lowest BCUT2D eigenvalue weighted by molar-refractivity contribution is 0.194. The van der Waals surface area contributed by atoms with Crippen LogP contribution in [0.15, 0.2) is 42.5 Å². The van der Waals surface area contributed by atoms with Gasteiger partial charge >= 0.3 is 0 Å². The SMILES string of the molecule is COc1ccc(CN(Cc2ccc(F)cc2Cl)[C@@H]2CCS(=O)(=O)C2)cc1. The zero-order chi connectivity index (χ0) is 18.7. The monoisotopic (exact) mass is 397 g/mol. The topological polar surface area (TPSA) is 46.6 Å². The fourth-order valence-corrected chi connectivity index (χ4v) is 5.20. The number of rotatable bonds is 6. The molecule has 1 aliphatic rings. The lowest BCUT2D eigenvalue weighted by Crippen LogP contribution is -2.35. The molecule has 0 saturated carbocycles. The van der Waals surface area contributed by atoms with E-state index in [-0.39, 0.29) is 23.4 Å². The Kier molecular flexibility index (Phi) is 5.85. The van der Waals surface area contributed by atoms with Gasteiger partial charge in [-0.05, 0) is 41.8 Å². The van der Waals surface area contributed by atoms with Crippen molar-refractivity contribution in [3.63, 3.8) is 0 Å². The van der Waals surface area contributed by atoms with Crippen LogP contribution in [0.3, 0.4) is 0 Å². The second-order valence-corrected chi connectivity index (χ2v) is 9.18. The molecular weight excluding hydrogens is 377 g/mol. The molecular formula is C19H21ClFNO3S. The van der Waals surface area contributed by atoms with Gasteiger partial charge in [0, 0.05) is 24.2 Å². The van der Waals surface area contributed by atoms with E-state index in [0.29, 0.717) is 24.5 Å². The summed E-state index contributed by atoms with van der Waals surface area (Å²) in [5.74, 6) is 0.727. The summed E-state index contributed by atoms with van der Waals surface area (Å²) < 4.78 is 42.3. The molecule has 1 heterocycles. The van der Waals surface area contributed by atoms with E-state index in [2.05, 4.69) is 4.90 Å². The molecule has 0 aromatic heterocycles. The average Bonchev–Trinajstić information content (AvgIpc) is 2.97. The highest BCUT2D eigenvalue weighted by molar-refractivity contribution is 7.91. The molecule has 26 heavy (non-hydrogen) atoms. The smallest absolute Gasteiger partial charge is 0.151 e. The van der Waals surface area contributed by atoms with Crippen LogP contribution in [-0.4, -0.2) is 38.0 Å². The first-order valence-corrected chi connectivity index (χ1v) is 10.6. The highest BCUT2D eigenvalue weighted by Crippen LogP contribution is 2.26. The van der Waals surface area contributed by atoms with Gasteiger partial charge in [0.2, 0.25) is 0 Å². The number of methoxy groups -OCH3 is 1. The van der Waals surface area contributed by atoms with Crippen LogP contribution in [0.1, 0.15) is 17.5 Å². The average molecular weight is 398 g/mol. The van der Waals surface area contributed by atoms with E-state index in [1.165, 1.54) is 12.1 Å². The molecule has 0 radical (unpaired) electrons. The van der Waals surface area contributed by atoms with Gasteiger partial charge in [-0.1, -0.05) is 29.8 Å². The molecule has 0 spiro atoms. The van der Waals surface area contributed by atoms with Gasteiger partial charge in [0.1, 0.15) is 11.6 Å². The number of ether oxygens (including phenoxy) is 1. The van der Waals surface area contributed by atoms with Crippen molar-refractivity contribution in [3.8, 4) is 5.75 Å². The molecule has 0 amide bonds. The molecule has 0 N–H and O–H groups in total. The Labute approximate surface area is 158 Å². The van der Waals surface area contributed by atoms with Crippen LogP contribution < -0.4 is 4.74 Å². The summed E-state index contributed by atoms with van der Waals surface area (Å²) in [6.45, 7) is 1.04. The summed E-state index contributed by atoms with van der Waals surface area (Å²) in [5.41, 5.74) is 1.83. The highest BCUT2D eigenvalue weighted by Gasteiger charge is 2.32. The molecule has 1 atom stereocenters. The van der Waals surface area contributed by atoms with E-state index in [1.54, 1.807) is 13.2 Å². The Hall–Kier alpha value is -1.63. The van der Waals surface area contributed by atoms with Crippen LogP contribution in [-0.2, 0) is 22.9 Å². The van der Waals surface area contributed by atoms with Crippen molar-refractivity contribution >= 4 is 21.4 Å². The molecule has 140 valence electrons. The number of hydrogen-bond donors (Lipinski definition) is 0. The summed E-state index contributed by atoms with van der Waals surface area (Å²) in [5, 5.41) is 0.352. The van der Waals surface area contributed by atoms with Crippen molar-refractivity contribution < 1.29 is 17.5 Å². The minimum atomic E-state index is -3.01. The maximum Gasteiger partial charge on any atom is 0.151 e. The van der Waals surface area contributed by atoms with Crippen molar-refractivity contribution in [2.24, 2.45) is 0 Å². The molecule has 7 heteroatoms. The molecule has 0 unspecified atom stereocenters. The molecule has 3 rings (SSSR count). The fraction of sp³-hybridized carbons (Fsp3) is 0.368. The minimum absolute atomic E-state index is 0.0804. The Morgan fingerprint density at radius 2 is 1.92 bits per heavy atom. The number of hydrogen-bond acceptors (Lipinski definition) is 4. The number of benzene rings is 2. The van der Waals surface area contributed by atoms with Gasteiger partial charge in [-0.15, -0.1) is 0 Å². The Morgan fingerprint density at radius 3 is 2.50 bits per heavy atom. The van der Waals surface area contributed by atoms with E-state index >= 15 is 0 Å². The van der Waals surface area contributed by atoms with Gasteiger partial charge in [0.15, 0.2) is 9.84 Å². The Morgan fingerprint density at radius 1 is 1.19 bits per heavy atom. The van der Waals surface area contributed by atoms with Crippen LogP contribution >= 0.6 is 11.6 Å². The lowest BCUT2D eigenvalue weighted by Gasteiger charge is -2.28. The highest BCUT2D eigenvalue weighted by atomic mass is 35.5. The predicted octanol–water partition coefficient (Wildman–Crippen LogP) is 3.68. The standard InChI is InChI=1S/C19H21ClFNO3S/c1-25-18-6-2-14(3-7-18)11-22(17-8-9-26(23,24)13-17)12-15-4-5-16(21)10-19(15)20/h2-7,10,17H,8-9,11-13H2,1H3/t17-/m1/s1. The van der Waals surface area contributed by atoms with Gasteiger partial charge in [-0.25, -0.2) is 12.8 Å². The van der Waals surface area contributed by atoms with Crippen molar-refractivity contribution in [1.29, 1.82) is 0 Å². The molecule has 2 aromatic rings. The number of halogens is 2. The zero-order valence-electron chi connectivity index (χ0n) is 14.5. The van der Waals surface area contributed by atoms with Crippen molar-refractivity contribution in [2.45, 2.75) is 25.6 Å². The number of nitrogens with zero attached hydrogens (tertiary/aromatic N) is 1. The van der Waals surface area contributed by atoms with Crippen molar-refractivity contribution in [2.75, 3.05) is 18.6 Å². The molecule has 0 aliphatic carbocycles. The maximum atomic E-state index is 13.3. The Bertz CT molecular complexity index is 871. The normalized spacial score (nSPS) is 19.0. The largest absolute Gasteiger partial charge is 0.497 e. The second kappa shape index (κ2) is 7.94. The van der Waals surface area contributed by atoms with E-state index < -0.39 is 9.84 Å². The number of sulfone groups is 1. The molecule has 1 aliphatic heterocycles. The van der Waals surface area contributed by atoms with Crippen LogP contribution in [0, 0.1) is 5.82 Å². The van der Waals surface area contributed by atoms with Gasteiger partial charge in [0.05, 0.1) is 18.6 Å². The first-order chi connectivity index (χ1) is 12.4. The van der Waals surface area contributed by atoms with Crippen molar-refractivity contribution in [3.05, 3.63) is 64.4 Å². The van der Waals surface area contributed by atoms with Gasteiger partial charge in [0.25, 0.3) is 0 Å². The summed E-state index contributed by atoms with van der Waals surface area (Å²) in [4.78, 5) is 2.10. The molecule has 1 fully saturated rings. The predicted molar refractivity (Wildman–Crippen MR) is 101 cm³/mol. The van der Waals surface area contributed by atoms with E-state index in [0.717, 1.165) is 16.9 Å². The molecule has 1 saturated heterocycles. The molecule has 4 nitrogen and oxygen atoms in total. The fourth-order valence-electron chi connectivity index (χ4n) is 3.21. The van der Waals surface area contributed by atoms with Crippen molar-refractivity contribution in [1.82, 2.24) is 4.90 Å². The van der Waals surface area contributed by atoms with Crippen LogP contribution in [0.2, 0.25) is 5.02 Å². The van der Waals surface area contributed by atoms with Gasteiger partial charge in [-0.3, -0.25) is 4.90 Å². The van der Waals surface area contributed by atoms with Crippen LogP contribution in [0.4, 0.5) is 4.39 Å². The first-order valence-electron chi connectivity index (χ1n) is 8.37. The molecule has 0 bridgehead atoms. The maximum absolute atomic E-state index is 13.3. The Balaban J connectivity index is 1.83. The van der Waals surface area contributed by atoms with E-state index in [1.807, 2.05) is 24.3 Å². The van der Waals surface area contributed by atoms with Crippen LogP contribution in [0.5, 0.6) is 5.75 Å². The summed E-state index contributed by atoms with van der Waals surface area (Å²) in [6.07, 6.45) is 0.595. The third-order valence-electron chi connectivity index (χ3n) is 4.66. The third kappa shape index (κ3) is 4.75. The third-order valence-corrected chi connectivity index (χ3v) is 6.76. The molecule has 2 aromatic carbocycles. The van der Waals surface area contributed by atoms with Gasteiger partial charge in [-0.2, -0.15) is 0 Å². The first kappa shape index (κ1) is 19.1. The summed E-state index contributed by atoms with van der Waals surface area (Å²) in [6, 6.07) is 11.9. The van der Waals surface area contributed by atoms with Crippen LogP contribution in [0.25, 0.3) is 0 Å². The minimum Gasteiger partial charge on any atom is -0.497 e. The van der Waals surface area contributed by atoms with E-state index in [4.69, 9.17) is 16.3 Å². The lowest BCUT2D eigenvalue weighted by atomic mass is 10.1. The summed E-state index contributed by atoms with van der Waals surface area (Å²) in [7, 11) is -1.39. The zero-order valence-corrected chi connectivity index (χ0v) is 16.1.